The van der Waals surface area contributed by atoms with Crippen LogP contribution in [0.15, 0.2) is 12.1 Å². The molecule has 0 radical (unpaired) electrons. The number of nitrogens with zero attached hydrogens (tertiary/aromatic N) is 1. The van der Waals surface area contributed by atoms with Crippen LogP contribution in [0.2, 0.25) is 0 Å². The van der Waals surface area contributed by atoms with Crippen LogP contribution < -0.4 is 15.8 Å². The normalized spacial score (nSPS) is 19.9. The highest BCUT2D eigenvalue weighted by Gasteiger charge is 2.65. The highest BCUT2D eigenvalue weighted by atomic mass is 16.5. The molecule has 1 heterocycles. The average Bonchev–Trinajstić information content (AvgIpc) is 2.72. The molecule has 1 aliphatic rings. The van der Waals surface area contributed by atoms with Crippen molar-refractivity contribution in [1.29, 1.82) is 0 Å². The maximum Gasteiger partial charge on any atom is 0.239 e. The van der Waals surface area contributed by atoms with Crippen LogP contribution in [0.25, 0.3) is 0 Å². The van der Waals surface area contributed by atoms with Gasteiger partial charge in [0.15, 0.2) is 0 Å². The largest absolute Gasteiger partial charge is 0.476 e. The molecule has 0 aromatic carbocycles. The van der Waals surface area contributed by atoms with Crippen LogP contribution in [0.3, 0.4) is 0 Å². The maximum atomic E-state index is 5.91. The molecule has 1 saturated carbocycles. The Morgan fingerprint density at radius 3 is 2.35 bits per heavy atom. The number of nitrogens with two attached hydrogens (primary N) is 1. The van der Waals surface area contributed by atoms with E-state index in [2.05, 4.69) is 51.8 Å². The molecule has 1 fully saturated rings. The molecule has 0 unspecified atom stereocenters. The van der Waals surface area contributed by atoms with E-state index < -0.39 is 0 Å². The molecule has 0 aliphatic heterocycles. The molecule has 0 spiro atoms. The predicted octanol–water partition coefficient (Wildman–Crippen LogP) is 3.55. The van der Waals surface area contributed by atoms with Crippen molar-refractivity contribution in [2.45, 2.75) is 47.6 Å². The summed E-state index contributed by atoms with van der Waals surface area (Å²) in [6.45, 7) is 13.9. The average molecular weight is 277 g/mol. The fraction of sp³-hybridized carbons (Fsp3) is 0.688. The van der Waals surface area contributed by atoms with Crippen molar-refractivity contribution in [3.63, 3.8) is 0 Å². The Kier molecular flexibility index (Phi) is 3.61. The molecule has 3 N–H and O–H groups in total. The molecular formula is C16H27N3O. The first-order chi connectivity index (χ1) is 9.16. The van der Waals surface area contributed by atoms with Gasteiger partial charge in [0.2, 0.25) is 5.88 Å². The van der Waals surface area contributed by atoms with Crippen LogP contribution in [0, 0.1) is 16.7 Å². The van der Waals surface area contributed by atoms with E-state index in [1.165, 1.54) is 0 Å². The number of nitrogen functional groups attached to an aromatic ring is 1. The van der Waals surface area contributed by atoms with E-state index in [9.17, 15) is 0 Å². The summed E-state index contributed by atoms with van der Waals surface area (Å²) < 4.78 is 5.67. The minimum Gasteiger partial charge on any atom is -0.476 e. The van der Waals surface area contributed by atoms with Crippen LogP contribution in [0.5, 0.6) is 5.88 Å². The topological polar surface area (TPSA) is 60.2 Å². The van der Waals surface area contributed by atoms with Gasteiger partial charge in [-0.3, -0.25) is 0 Å². The number of nitrogens with one attached hydrogen (secondary N) is 1. The van der Waals surface area contributed by atoms with E-state index in [1.54, 1.807) is 0 Å². The first-order valence-corrected chi connectivity index (χ1v) is 7.32. The Morgan fingerprint density at radius 1 is 1.25 bits per heavy atom. The van der Waals surface area contributed by atoms with E-state index in [0.29, 0.717) is 30.1 Å². The molecule has 20 heavy (non-hydrogen) atoms. The van der Waals surface area contributed by atoms with Gasteiger partial charge in [0.1, 0.15) is 5.82 Å². The molecule has 0 atom stereocenters. The van der Waals surface area contributed by atoms with Crippen LogP contribution >= 0.6 is 0 Å². The summed E-state index contributed by atoms with van der Waals surface area (Å²) in [6.07, 6.45) is 0. The number of pyridine rings is 1. The van der Waals surface area contributed by atoms with Gasteiger partial charge >= 0.3 is 0 Å². The van der Waals surface area contributed by atoms with Crippen molar-refractivity contribution >= 4 is 11.5 Å². The quantitative estimate of drug-likeness (QED) is 0.864. The lowest BCUT2D eigenvalue weighted by molar-refractivity contribution is 0.263. The third-order valence-electron chi connectivity index (χ3n) is 4.76. The van der Waals surface area contributed by atoms with Crippen molar-refractivity contribution in [1.82, 2.24) is 4.98 Å². The maximum absolute atomic E-state index is 5.91. The molecule has 1 aromatic heterocycles. The van der Waals surface area contributed by atoms with E-state index >= 15 is 0 Å². The zero-order valence-electron chi connectivity index (χ0n) is 13.4. The molecule has 0 amide bonds. The summed E-state index contributed by atoms with van der Waals surface area (Å²) in [7, 11) is 0. The van der Waals surface area contributed by atoms with E-state index in [-0.39, 0.29) is 10.8 Å². The second-order valence-corrected chi connectivity index (χ2v) is 7.32. The number of ether oxygens (including phenoxy) is 1. The Bertz CT molecular complexity index is 480. The van der Waals surface area contributed by atoms with Gasteiger partial charge in [0.25, 0.3) is 0 Å². The SMILES string of the molecule is CC(C)COc1nc(NC2C(C)(C)C2(C)C)ccc1N. The predicted molar refractivity (Wildman–Crippen MR) is 84.0 cm³/mol. The molecule has 0 saturated heterocycles. The van der Waals surface area contributed by atoms with Crippen LogP contribution in [-0.4, -0.2) is 17.6 Å². The van der Waals surface area contributed by atoms with Gasteiger partial charge in [-0.2, -0.15) is 4.98 Å². The molecule has 0 bridgehead atoms. The molecular weight excluding hydrogens is 250 g/mol. The Morgan fingerprint density at radius 2 is 1.85 bits per heavy atom. The lowest BCUT2D eigenvalue weighted by atomic mass is 10.0. The smallest absolute Gasteiger partial charge is 0.239 e. The zero-order chi connectivity index (χ0) is 15.1. The standard InChI is InChI=1S/C16H27N3O/c1-10(2)9-20-13-11(17)7-8-12(18-13)19-14-15(3,4)16(14,5)6/h7-8,10,14H,9,17H2,1-6H3,(H,18,19). The first-order valence-electron chi connectivity index (χ1n) is 7.32. The summed E-state index contributed by atoms with van der Waals surface area (Å²) in [5.41, 5.74) is 7.05. The number of anilines is 2. The fourth-order valence-electron chi connectivity index (χ4n) is 2.60. The van der Waals surface area contributed by atoms with Crippen molar-refractivity contribution in [3.8, 4) is 5.88 Å². The van der Waals surface area contributed by atoms with Crippen molar-refractivity contribution in [2.75, 3.05) is 17.7 Å². The van der Waals surface area contributed by atoms with Crippen LogP contribution in [-0.2, 0) is 0 Å². The molecule has 1 aliphatic carbocycles. The van der Waals surface area contributed by atoms with Gasteiger partial charge in [-0.1, -0.05) is 41.5 Å². The minimum atomic E-state index is 0.273. The Balaban J connectivity index is 2.09. The summed E-state index contributed by atoms with van der Waals surface area (Å²) in [5, 5.41) is 3.50. The van der Waals surface area contributed by atoms with Gasteiger partial charge in [-0.15, -0.1) is 0 Å². The summed E-state index contributed by atoms with van der Waals surface area (Å²) in [5.74, 6) is 1.82. The number of hydrogen-bond donors (Lipinski definition) is 2. The number of hydrogen-bond acceptors (Lipinski definition) is 4. The summed E-state index contributed by atoms with van der Waals surface area (Å²) in [6, 6.07) is 4.19. The first kappa shape index (κ1) is 14.9. The van der Waals surface area contributed by atoms with Gasteiger partial charge < -0.3 is 15.8 Å². The lowest BCUT2D eigenvalue weighted by Crippen LogP contribution is -2.13. The third-order valence-corrected chi connectivity index (χ3v) is 4.76. The van der Waals surface area contributed by atoms with Gasteiger partial charge in [0.05, 0.1) is 12.3 Å². The third kappa shape index (κ3) is 2.56. The Labute approximate surface area is 122 Å². The molecule has 112 valence electrons. The molecule has 4 nitrogen and oxygen atoms in total. The fourth-order valence-corrected chi connectivity index (χ4v) is 2.60. The van der Waals surface area contributed by atoms with Crippen LogP contribution in [0.1, 0.15) is 41.5 Å². The summed E-state index contributed by atoms with van der Waals surface area (Å²) >= 11 is 0. The second-order valence-electron chi connectivity index (χ2n) is 7.32. The van der Waals surface area contributed by atoms with Crippen molar-refractivity contribution in [3.05, 3.63) is 12.1 Å². The lowest BCUT2D eigenvalue weighted by Gasteiger charge is -2.13. The van der Waals surface area contributed by atoms with Crippen molar-refractivity contribution in [2.24, 2.45) is 16.7 Å². The van der Waals surface area contributed by atoms with E-state index in [0.717, 1.165) is 5.82 Å². The van der Waals surface area contributed by atoms with E-state index in [1.807, 2.05) is 12.1 Å². The number of aromatic nitrogens is 1. The van der Waals surface area contributed by atoms with E-state index in [4.69, 9.17) is 10.5 Å². The van der Waals surface area contributed by atoms with Gasteiger partial charge in [-0.05, 0) is 28.9 Å². The van der Waals surface area contributed by atoms with Crippen LogP contribution in [0.4, 0.5) is 11.5 Å². The molecule has 1 aromatic rings. The molecule has 4 heteroatoms. The minimum absolute atomic E-state index is 0.273. The number of rotatable bonds is 5. The van der Waals surface area contributed by atoms with Gasteiger partial charge in [-0.25, -0.2) is 0 Å². The highest BCUT2D eigenvalue weighted by Crippen LogP contribution is 2.63. The highest BCUT2D eigenvalue weighted by molar-refractivity contribution is 5.55. The second kappa shape index (κ2) is 4.83. The van der Waals surface area contributed by atoms with Crippen molar-refractivity contribution < 1.29 is 4.74 Å². The van der Waals surface area contributed by atoms with Gasteiger partial charge in [0, 0.05) is 6.04 Å². The summed E-state index contributed by atoms with van der Waals surface area (Å²) in [4.78, 5) is 4.50. The zero-order valence-corrected chi connectivity index (χ0v) is 13.4. The Hall–Kier alpha value is -1.45. The monoisotopic (exact) mass is 277 g/mol. The molecule has 2 rings (SSSR count).